The van der Waals surface area contributed by atoms with E-state index in [0.29, 0.717) is 0 Å². The Hall–Kier alpha value is -0.609. The fraction of sp³-hybridized carbons (Fsp3) is 0.435. The molecule has 0 amide bonds. The van der Waals surface area contributed by atoms with Gasteiger partial charge in [-0.2, -0.15) is 0 Å². The van der Waals surface area contributed by atoms with E-state index >= 15 is 0 Å². The first-order chi connectivity index (χ1) is 12.3. The molecule has 2 rings (SSSR count). The van der Waals surface area contributed by atoms with Crippen molar-refractivity contribution in [2.75, 3.05) is 5.79 Å². The summed E-state index contributed by atoms with van der Waals surface area (Å²) >= 11 is 0. The standard InChI is InChI=1S/C23H39PSi3/c1-25(2,3)20-24(21-16-12-10-13-17-21,22-18-14-11-15-19-22)23(26(4,5)6)27(7,8)9/h10-19H,20H2,1-9H3. The molecule has 0 radical (unpaired) electrons. The van der Waals surface area contributed by atoms with Crippen molar-refractivity contribution < 1.29 is 0 Å². The van der Waals surface area contributed by atoms with Crippen LogP contribution >= 0.6 is 6.89 Å². The summed E-state index contributed by atoms with van der Waals surface area (Å²) in [5.41, 5.74) is 0. The lowest BCUT2D eigenvalue weighted by Gasteiger charge is -2.45. The summed E-state index contributed by atoms with van der Waals surface area (Å²) in [6.07, 6.45) is 0. The molecule has 0 aliphatic rings. The van der Waals surface area contributed by atoms with Crippen molar-refractivity contribution >= 4 is 46.3 Å². The van der Waals surface area contributed by atoms with Crippen LogP contribution in [0.3, 0.4) is 0 Å². The Balaban J connectivity index is 3.17. The molecule has 0 nitrogen and oxygen atoms in total. The minimum atomic E-state index is -1.57. The third-order valence-corrected chi connectivity index (χ3v) is 27.4. The second-order valence-electron chi connectivity index (χ2n) is 11.0. The highest BCUT2D eigenvalue weighted by Crippen LogP contribution is 2.52. The van der Waals surface area contributed by atoms with Crippen LogP contribution in [-0.4, -0.2) is 34.5 Å². The van der Waals surface area contributed by atoms with Gasteiger partial charge in [0.15, 0.2) is 0 Å². The van der Waals surface area contributed by atoms with E-state index in [9.17, 15) is 0 Å². The van der Waals surface area contributed by atoms with Gasteiger partial charge >= 0.3 is 0 Å². The first kappa shape index (κ1) is 22.7. The fourth-order valence-electron chi connectivity index (χ4n) is 5.02. The van der Waals surface area contributed by atoms with Crippen molar-refractivity contribution in [3.63, 3.8) is 0 Å². The van der Waals surface area contributed by atoms with Gasteiger partial charge < -0.3 is 0 Å². The summed E-state index contributed by atoms with van der Waals surface area (Å²) in [6.45, 7) is 21.7. The van der Waals surface area contributed by atoms with Crippen molar-refractivity contribution in [3.8, 4) is 0 Å². The second-order valence-corrected chi connectivity index (χ2v) is 31.9. The summed E-state index contributed by atoms with van der Waals surface area (Å²) < 4.78 is 2.03. The fourth-order valence-corrected chi connectivity index (χ4v) is 36.1. The van der Waals surface area contributed by atoms with Gasteiger partial charge in [-0.15, -0.1) is 0 Å². The van der Waals surface area contributed by atoms with Gasteiger partial charge in [-0.3, -0.25) is 0 Å². The minimum Gasteiger partial charge on any atom is -0.0853 e. The van der Waals surface area contributed by atoms with Gasteiger partial charge in [-0.1, -0.05) is 131 Å². The summed E-state index contributed by atoms with van der Waals surface area (Å²) in [6, 6.07) is 23.2. The van der Waals surface area contributed by atoms with Gasteiger partial charge in [0.05, 0.1) is 16.1 Å². The molecule has 0 heterocycles. The van der Waals surface area contributed by atoms with Gasteiger partial charge in [0, 0.05) is 8.07 Å². The maximum Gasteiger partial charge on any atom is 0.0691 e. The predicted molar refractivity (Wildman–Crippen MR) is 139 cm³/mol. The molecule has 148 valence electrons. The quantitative estimate of drug-likeness (QED) is 0.364. The summed E-state index contributed by atoms with van der Waals surface area (Å²) in [4.78, 5) is 0. The van der Waals surface area contributed by atoms with E-state index in [-0.39, 0.29) is 0 Å². The molecule has 2 aromatic rings. The molecular formula is C23H39PSi3. The topological polar surface area (TPSA) is 0 Å². The van der Waals surface area contributed by atoms with Crippen LogP contribution in [0.4, 0.5) is 0 Å². The van der Waals surface area contributed by atoms with Crippen LogP contribution in [0.15, 0.2) is 60.7 Å². The Labute approximate surface area is 171 Å². The molecule has 27 heavy (non-hydrogen) atoms. The molecule has 0 N–H and O–H groups in total. The Morgan fingerprint density at radius 3 is 1.19 bits per heavy atom. The van der Waals surface area contributed by atoms with Crippen molar-refractivity contribution in [2.45, 2.75) is 58.9 Å². The third kappa shape index (κ3) is 5.26. The summed E-state index contributed by atoms with van der Waals surface area (Å²) in [7, 11) is -4.25. The summed E-state index contributed by atoms with van der Waals surface area (Å²) in [5.74, 6) is 1.40. The van der Waals surface area contributed by atoms with Crippen LogP contribution in [0.2, 0.25) is 58.9 Å². The third-order valence-electron chi connectivity index (χ3n) is 4.91. The molecule has 4 heteroatoms. The SMILES string of the molecule is C[Si](C)(C)CP(=C([Si](C)(C)C)[Si](C)(C)C)(c1ccccc1)c1ccccc1. The van der Waals surface area contributed by atoms with E-state index in [1.54, 1.807) is 10.6 Å². The molecular weight excluding hydrogens is 391 g/mol. The number of rotatable bonds is 6. The Morgan fingerprint density at radius 1 is 0.593 bits per heavy atom. The van der Waals surface area contributed by atoms with Crippen LogP contribution in [-0.2, 0) is 0 Å². The molecule has 0 unspecified atom stereocenters. The Morgan fingerprint density at radius 2 is 0.926 bits per heavy atom. The van der Waals surface area contributed by atoms with Crippen molar-refractivity contribution in [3.05, 3.63) is 60.7 Å². The van der Waals surface area contributed by atoms with Crippen LogP contribution in [0.5, 0.6) is 0 Å². The molecule has 2 aromatic carbocycles. The van der Waals surface area contributed by atoms with E-state index in [1.165, 1.54) is 5.79 Å². The monoisotopic (exact) mass is 430 g/mol. The largest absolute Gasteiger partial charge is 0.0853 e. The highest BCUT2D eigenvalue weighted by Gasteiger charge is 2.42. The van der Waals surface area contributed by atoms with Gasteiger partial charge in [0.25, 0.3) is 0 Å². The lowest BCUT2D eigenvalue weighted by Crippen LogP contribution is -2.54. The predicted octanol–water partition coefficient (Wildman–Crippen LogP) is 6.46. The van der Waals surface area contributed by atoms with E-state index < -0.39 is 31.1 Å². The zero-order valence-corrected chi connectivity index (χ0v) is 22.8. The lowest BCUT2D eigenvalue weighted by molar-refractivity contribution is 1.64. The summed E-state index contributed by atoms with van der Waals surface area (Å²) in [5, 5.41) is 3.25. The zero-order valence-electron chi connectivity index (χ0n) is 18.9. The normalized spacial score (nSPS) is 13.5. The maximum absolute atomic E-state index is 2.60. The first-order valence-electron chi connectivity index (χ1n) is 10.2. The Bertz CT molecular complexity index is 745. The molecule has 0 bridgehead atoms. The van der Waals surface area contributed by atoms with Crippen molar-refractivity contribution in [1.29, 1.82) is 0 Å². The average molecular weight is 431 g/mol. The number of hydrogen-bond acceptors (Lipinski definition) is 0. The average Bonchev–Trinajstić information content (AvgIpc) is 2.52. The van der Waals surface area contributed by atoms with Gasteiger partial charge in [-0.25, -0.2) is 0 Å². The Kier molecular flexibility index (Phi) is 6.74. The second kappa shape index (κ2) is 8.02. The maximum atomic E-state index is 2.60. The van der Waals surface area contributed by atoms with E-state index in [2.05, 4.69) is 120 Å². The van der Waals surface area contributed by atoms with Crippen LogP contribution in [0, 0.1) is 0 Å². The molecule has 0 spiro atoms. The molecule has 0 aliphatic carbocycles. The molecule has 0 saturated carbocycles. The molecule has 0 saturated heterocycles. The molecule has 0 aliphatic heterocycles. The number of hydrogen-bond donors (Lipinski definition) is 0. The van der Waals surface area contributed by atoms with E-state index in [1.807, 2.05) is 4.54 Å². The van der Waals surface area contributed by atoms with Gasteiger partial charge in [0.1, 0.15) is 0 Å². The van der Waals surface area contributed by atoms with Crippen molar-refractivity contribution in [1.82, 2.24) is 0 Å². The van der Waals surface area contributed by atoms with Crippen LogP contribution < -0.4 is 10.6 Å². The highest BCUT2D eigenvalue weighted by atomic mass is 31.2. The highest BCUT2D eigenvalue weighted by molar-refractivity contribution is 7.98. The number of benzene rings is 2. The van der Waals surface area contributed by atoms with Crippen molar-refractivity contribution in [2.24, 2.45) is 0 Å². The van der Waals surface area contributed by atoms with Crippen LogP contribution in [0.25, 0.3) is 0 Å². The minimum absolute atomic E-state index is 1.31. The zero-order chi connectivity index (χ0) is 20.5. The lowest BCUT2D eigenvalue weighted by atomic mass is 10.4. The smallest absolute Gasteiger partial charge is 0.0691 e. The van der Waals surface area contributed by atoms with E-state index in [0.717, 1.165) is 0 Å². The molecule has 0 fully saturated rings. The molecule has 0 atom stereocenters. The van der Waals surface area contributed by atoms with E-state index in [4.69, 9.17) is 0 Å². The van der Waals surface area contributed by atoms with Crippen LogP contribution in [0.1, 0.15) is 0 Å². The van der Waals surface area contributed by atoms with Gasteiger partial charge in [0.2, 0.25) is 0 Å². The molecule has 0 aromatic heterocycles. The van der Waals surface area contributed by atoms with Gasteiger partial charge in [-0.05, 0) is 16.4 Å². The first-order valence-corrected chi connectivity index (χ1v) is 22.8.